The molecule has 1 aromatic heterocycles. The number of nitrogens with one attached hydrogen (secondary N) is 2. The lowest BCUT2D eigenvalue weighted by Gasteiger charge is -2.44. The number of rotatable bonds is 6. The predicted molar refractivity (Wildman–Crippen MR) is 94.6 cm³/mol. The van der Waals surface area contributed by atoms with Crippen molar-refractivity contribution in [2.45, 2.75) is 37.4 Å². The molecule has 1 amide bonds. The Morgan fingerprint density at radius 3 is 2.37 bits per heavy atom. The number of hydrogen-bond donors (Lipinski definition) is 3. The first-order valence-electron chi connectivity index (χ1n) is 8.74. The zero-order chi connectivity index (χ0) is 22.1. The van der Waals surface area contributed by atoms with Crippen LogP contribution in [0.2, 0.25) is 0 Å². The van der Waals surface area contributed by atoms with Crippen LogP contribution in [-0.2, 0) is 11.7 Å². The molecule has 2 aromatic rings. The number of anilines is 1. The molecule has 0 radical (unpaired) electrons. The first-order valence-corrected chi connectivity index (χ1v) is 8.74. The topological polar surface area (TPSA) is 110 Å². The smallest absolute Gasteiger partial charge is 0.345 e. The first kappa shape index (κ1) is 21.6. The molecule has 12 heteroatoms. The van der Waals surface area contributed by atoms with E-state index >= 15 is 0 Å². The maximum atomic E-state index is 13.5. The third-order valence-electron chi connectivity index (χ3n) is 4.90. The van der Waals surface area contributed by atoms with Gasteiger partial charge >= 0.3 is 12.6 Å². The van der Waals surface area contributed by atoms with Gasteiger partial charge in [0.2, 0.25) is 11.7 Å². The highest BCUT2D eigenvalue weighted by Gasteiger charge is 2.45. The lowest BCUT2D eigenvalue weighted by atomic mass is 9.70. The molecule has 30 heavy (non-hydrogen) atoms. The Morgan fingerprint density at radius 2 is 1.83 bits per heavy atom. The van der Waals surface area contributed by atoms with Gasteiger partial charge in [-0.1, -0.05) is 18.2 Å². The molecule has 1 saturated carbocycles. The minimum absolute atomic E-state index is 0.0436. The van der Waals surface area contributed by atoms with E-state index in [0.717, 1.165) is 12.3 Å². The molecule has 0 unspecified atom stereocenters. The summed E-state index contributed by atoms with van der Waals surface area (Å²) in [5.41, 5.74) is -1.86. The second-order valence-corrected chi connectivity index (χ2v) is 6.70. The molecule has 0 spiro atoms. The van der Waals surface area contributed by atoms with E-state index in [-0.39, 0.29) is 11.5 Å². The SMILES string of the molecule is NNC(=O)c1cnc(NC2(c3ccccc3C(F)(F)F)CCC2)nc1C(=O)C(F)F. The van der Waals surface area contributed by atoms with Gasteiger partial charge in [0.1, 0.15) is 5.69 Å². The van der Waals surface area contributed by atoms with Crippen molar-refractivity contribution in [1.82, 2.24) is 15.4 Å². The minimum Gasteiger partial charge on any atom is -0.345 e. The van der Waals surface area contributed by atoms with Crippen molar-refractivity contribution in [3.8, 4) is 0 Å². The third-order valence-corrected chi connectivity index (χ3v) is 4.90. The predicted octanol–water partition coefficient (Wildman–Crippen LogP) is 3.04. The standard InChI is InChI=1S/C18H16F5N5O2/c19-14(20)13(29)12-9(15(30)28-24)8-25-16(26-12)27-17(6-3-7-17)10-4-1-2-5-11(10)18(21,22)23/h1-2,4-5,8,14H,3,6-7,24H2,(H,28,30)(H,25,26,27). The first-order chi connectivity index (χ1) is 14.1. The second kappa shape index (κ2) is 7.94. The highest BCUT2D eigenvalue weighted by atomic mass is 19.4. The molecule has 4 N–H and O–H groups in total. The van der Waals surface area contributed by atoms with Gasteiger partial charge in [-0.05, 0) is 30.9 Å². The highest BCUT2D eigenvalue weighted by molar-refractivity contribution is 6.07. The number of benzene rings is 1. The summed E-state index contributed by atoms with van der Waals surface area (Å²) >= 11 is 0. The molecule has 0 bridgehead atoms. The molecule has 7 nitrogen and oxygen atoms in total. The van der Waals surface area contributed by atoms with Crippen molar-refractivity contribution in [1.29, 1.82) is 0 Å². The fourth-order valence-electron chi connectivity index (χ4n) is 3.33. The summed E-state index contributed by atoms with van der Waals surface area (Å²) in [4.78, 5) is 31.1. The van der Waals surface area contributed by atoms with Crippen LogP contribution < -0.4 is 16.6 Å². The molecule has 0 atom stereocenters. The van der Waals surface area contributed by atoms with E-state index in [1.165, 1.54) is 18.2 Å². The number of alkyl halides is 5. The molecule has 3 rings (SSSR count). The van der Waals surface area contributed by atoms with Crippen LogP contribution in [0, 0.1) is 0 Å². The number of hydrogen-bond acceptors (Lipinski definition) is 6. The van der Waals surface area contributed by atoms with Gasteiger partial charge in [-0.25, -0.2) is 24.6 Å². The number of nitrogens with two attached hydrogens (primary N) is 1. The Labute approximate surface area is 166 Å². The van der Waals surface area contributed by atoms with Crippen LogP contribution in [-0.4, -0.2) is 28.1 Å². The number of aromatic nitrogens is 2. The van der Waals surface area contributed by atoms with Gasteiger partial charge in [0, 0.05) is 6.20 Å². The van der Waals surface area contributed by atoms with E-state index in [1.54, 1.807) is 5.43 Å². The number of Topliss-reactive ketones (excluding diaryl/α,β-unsaturated/α-hetero) is 1. The van der Waals surface area contributed by atoms with Crippen molar-refractivity contribution < 1.29 is 31.5 Å². The lowest BCUT2D eigenvalue weighted by Crippen LogP contribution is -2.44. The summed E-state index contributed by atoms with van der Waals surface area (Å²) < 4.78 is 66.3. The van der Waals surface area contributed by atoms with E-state index in [1.807, 2.05) is 0 Å². The quantitative estimate of drug-likeness (QED) is 0.214. The van der Waals surface area contributed by atoms with Crippen LogP contribution in [0.5, 0.6) is 0 Å². The summed E-state index contributed by atoms with van der Waals surface area (Å²) in [6.07, 6.45) is -6.05. The van der Waals surface area contributed by atoms with Crippen LogP contribution >= 0.6 is 0 Å². The number of ketones is 1. The molecular weight excluding hydrogens is 413 g/mol. The normalized spacial score (nSPS) is 15.4. The average molecular weight is 429 g/mol. The van der Waals surface area contributed by atoms with Crippen LogP contribution in [0.3, 0.4) is 0 Å². The molecule has 1 aliphatic carbocycles. The molecule has 1 aromatic carbocycles. The summed E-state index contributed by atoms with van der Waals surface area (Å²) in [5, 5.41) is 2.76. The Hall–Kier alpha value is -3.15. The van der Waals surface area contributed by atoms with Gasteiger partial charge in [0.25, 0.3) is 5.91 Å². The zero-order valence-electron chi connectivity index (χ0n) is 15.3. The molecule has 1 fully saturated rings. The largest absolute Gasteiger partial charge is 0.416 e. The summed E-state index contributed by atoms with van der Waals surface area (Å²) in [7, 11) is 0. The van der Waals surface area contributed by atoms with Crippen molar-refractivity contribution in [3.63, 3.8) is 0 Å². The maximum absolute atomic E-state index is 13.5. The summed E-state index contributed by atoms with van der Waals surface area (Å²) in [5.74, 6) is 1.82. The Morgan fingerprint density at radius 1 is 1.17 bits per heavy atom. The van der Waals surface area contributed by atoms with Gasteiger partial charge in [-0.3, -0.25) is 15.0 Å². The van der Waals surface area contributed by atoms with E-state index in [9.17, 15) is 31.5 Å². The second-order valence-electron chi connectivity index (χ2n) is 6.70. The van der Waals surface area contributed by atoms with Crippen molar-refractivity contribution in [3.05, 3.63) is 52.8 Å². The third kappa shape index (κ3) is 3.95. The number of nitrogens with zero attached hydrogens (tertiary/aromatic N) is 2. The number of halogens is 5. The number of hydrazine groups is 1. The van der Waals surface area contributed by atoms with Crippen molar-refractivity contribution in [2.24, 2.45) is 5.84 Å². The van der Waals surface area contributed by atoms with Crippen LogP contribution in [0.15, 0.2) is 30.5 Å². The molecule has 160 valence electrons. The van der Waals surface area contributed by atoms with E-state index in [0.29, 0.717) is 19.3 Å². The van der Waals surface area contributed by atoms with Crippen LogP contribution in [0.1, 0.15) is 51.2 Å². The maximum Gasteiger partial charge on any atom is 0.416 e. The Balaban J connectivity index is 2.04. The fraction of sp³-hybridized carbons (Fsp3) is 0.333. The number of carbonyl (C=O) groups is 2. The highest BCUT2D eigenvalue weighted by Crippen LogP contribution is 2.47. The average Bonchev–Trinajstić information content (AvgIpc) is 2.68. The molecule has 1 heterocycles. The van der Waals surface area contributed by atoms with Gasteiger partial charge < -0.3 is 5.32 Å². The van der Waals surface area contributed by atoms with E-state index in [4.69, 9.17) is 5.84 Å². The lowest BCUT2D eigenvalue weighted by molar-refractivity contribution is -0.139. The van der Waals surface area contributed by atoms with Gasteiger partial charge in [-0.2, -0.15) is 13.2 Å². The van der Waals surface area contributed by atoms with Gasteiger partial charge in [0.05, 0.1) is 16.7 Å². The van der Waals surface area contributed by atoms with Crippen molar-refractivity contribution >= 4 is 17.6 Å². The van der Waals surface area contributed by atoms with E-state index in [2.05, 4.69) is 15.3 Å². The molecular formula is C18H16F5N5O2. The summed E-state index contributed by atoms with van der Waals surface area (Å²) in [6, 6.07) is 4.97. The van der Waals surface area contributed by atoms with Crippen LogP contribution in [0.4, 0.5) is 27.9 Å². The zero-order valence-corrected chi connectivity index (χ0v) is 15.3. The number of nitrogen functional groups attached to an aromatic ring is 1. The Bertz CT molecular complexity index is 976. The molecule has 0 aliphatic heterocycles. The molecule has 1 aliphatic rings. The number of amides is 1. The number of carbonyl (C=O) groups excluding carboxylic acids is 2. The van der Waals surface area contributed by atoms with Crippen molar-refractivity contribution in [2.75, 3.05) is 5.32 Å². The molecule has 0 saturated heterocycles. The van der Waals surface area contributed by atoms with Gasteiger partial charge in [-0.15, -0.1) is 0 Å². The summed E-state index contributed by atoms with van der Waals surface area (Å²) in [6.45, 7) is 0. The van der Waals surface area contributed by atoms with Crippen LogP contribution in [0.25, 0.3) is 0 Å². The Kier molecular flexibility index (Phi) is 5.70. The minimum atomic E-state index is -4.61. The van der Waals surface area contributed by atoms with Gasteiger partial charge in [0.15, 0.2) is 0 Å². The van der Waals surface area contributed by atoms with E-state index < -0.39 is 46.7 Å². The monoisotopic (exact) mass is 429 g/mol. The fourth-order valence-corrected chi connectivity index (χ4v) is 3.33.